The Kier molecular flexibility index (Phi) is 2.77. The fourth-order valence-corrected chi connectivity index (χ4v) is 1.49. The van der Waals surface area contributed by atoms with Crippen molar-refractivity contribution in [1.29, 1.82) is 0 Å². The van der Waals surface area contributed by atoms with Gasteiger partial charge in [-0.3, -0.25) is 0 Å². The molecule has 0 saturated carbocycles. The predicted molar refractivity (Wildman–Crippen MR) is 53.3 cm³/mol. The SMILES string of the molecule is O=C(O)c1cccc(C(F)(F)F)c1-n1nccn1. The van der Waals surface area contributed by atoms with Crippen LogP contribution in [0.4, 0.5) is 13.2 Å². The number of hydrogen-bond acceptors (Lipinski definition) is 3. The predicted octanol–water partition coefficient (Wildman–Crippen LogP) is 1.98. The Morgan fingerprint density at radius 2 is 1.83 bits per heavy atom. The van der Waals surface area contributed by atoms with Crippen molar-refractivity contribution in [2.45, 2.75) is 6.18 Å². The van der Waals surface area contributed by atoms with Crippen LogP contribution in [0, 0.1) is 0 Å². The summed E-state index contributed by atoms with van der Waals surface area (Å²) in [6, 6.07) is 2.88. The van der Waals surface area contributed by atoms with Crippen LogP contribution in [0.1, 0.15) is 15.9 Å². The van der Waals surface area contributed by atoms with Crippen LogP contribution >= 0.6 is 0 Å². The molecule has 1 aromatic heterocycles. The molecule has 2 aromatic rings. The molecule has 0 aliphatic carbocycles. The topological polar surface area (TPSA) is 68.0 Å². The molecule has 2 rings (SSSR count). The van der Waals surface area contributed by atoms with Gasteiger partial charge in [0.25, 0.3) is 0 Å². The molecular weight excluding hydrogens is 251 g/mol. The van der Waals surface area contributed by atoms with E-state index in [0.29, 0.717) is 4.80 Å². The molecule has 0 atom stereocenters. The van der Waals surface area contributed by atoms with Crippen LogP contribution in [0.5, 0.6) is 0 Å². The third-order valence-electron chi connectivity index (χ3n) is 2.19. The van der Waals surface area contributed by atoms with Crippen molar-refractivity contribution >= 4 is 5.97 Å². The van der Waals surface area contributed by atoms with E-state index in [4.69, 9.17) is 5.11 Å². The Morgan fingerprint density at radius 1 is 1.22 bits per heavy atom. The van der Waals surface area contributed by atoms with E-state index in [1.165, 1.54) is 12.4 Å². The number of benzene rings is 1. The molecular formula is C10H6F3N3O2. The number of para-hydroxylation sites is 1. The van der Waals surface area contributed by atoms with E-state index in [2.05, 4.69) is 10.2 Å². The minimum absolute atomic E-state index is 0.513. The molecule has 0 aliphatic heterocycles. The number of halogens is 3. The molecule has 18 heavy (non-hydrogen) atoms. The Balaban J connectivity index is 2.77. The largest absolute Gasteiger partial charge is 0.478 e. The quantitative estimate of drug-likeness (QED) is 0.893. The zero-order valence-corrected chi connectivity index (χ0v) is 8.72. The van der Waals surface area contributed by atoms with Gasteiger partial charge in [0.1, 0.15) is 5.69 Å². The molecule has 1 aromatic carbocycles. The van der Waals surface area contributed by atoms with E-state index in [1.54, 1.807) is 0 Å². The summed E-state index contributed by atoms with van der Waals surface area (Å²) >= 11 is 0. The van der Waals surface area contributed by atoms with Crippen molar-refractivity contribution in [3.8, 4) is 5.69 Å². The second-order valence-electron chi connectivity index (χ2n) is 3.32. The molecule has 0 aliphatic rings. The van der Waals surface area contributed by atoms with Crippen LogP contribution in [-0.4, -0.2) is 26.1 Å². The average Bonchev–Trinajstić information content (AvgIpc) is 2.79. The van der Waals surface area contributed by atoms with Crippen molar-refractivity contribution in [3.05, 3.63) is 41.7 Å². The van der Waals surface area contributed by atoms with Crippen LogP contribution in [0.2, 0.25) is 0 Å². The second-order valence-corrected chi connectivity index (χ2v) is 3.32. The molecule has 0 amide bonds. The smallest absolute Gasteiger partial charge is 0.418 e. The normalized spacial score (nSPS) is 11.5. The molecule has 0 fully saturated rings. The van der Waals surface area contributed by atoms with Crippen molar-refractivity contribution in [3.63, 3.8) is 0 Å². The van der Waals surface area contributed by atoms with Gasteiger partial charge in [-0.15, -0.1) is 0 Å². The van der Waals surface area contributed by atoms with Crippen LogP contribution in [-0.2, 0) is 6.18 Å². The van der Waals surface area contributed by atoms with Crippen LogP contribution in [0.15, 0.2) is 30.6 Å². The lowest BCUT2D eigenvalue weighted by molar-refractivity contribution is -0.137. The van der Waals surface area contributed by atoms with Gasteiger partial charge >= 0.3 is 12.1 Å². The number of hydrogen-bond donors (Lipinski definition) is 1. The Bertz CT molecular complexity index is 579. The average molecular weight is 257 g/mol. The molecule has 1 heterocycles. The zero-order valence-electron chi connectivity index (χ0n) is 8.72. The van der Waals surface area contributed by atoms with E-state index in [1.807, 2.05) is 0 Å². The highest BCUT2D eigenvalue weighted by Gasteiger charge is 2.36. The summed E-state index contributed by atoms with van der Waals surface area (Å²) in [5, 5.41) is 16.0. The number of carboxylic acids is 1. The first kappa shape index (κ1) is 12.1. The van der Waals surface area contributed by atoms with Gasteiger partial charge in [-0.25, -0.2) is 4.79 Å². The highest BCUT2D eigenvalue weighted by Crippen LogP contribution is 2.34. The van der Waals surface area contributed by atoms with E-state index in [0.717, 1.165) is 18.2 Å². The maximum absolute atomic E-state index is 12.8. The molecule has 94 valence electrons. The van der Waals surface area contributed by atoms with E-state index in [-0.39, 0.29) is 0 Å². The third-order valence-corrected chi connectivity index (χ3v) is 2.19. The molecule has 5 nitrogen and oxygen atoms in total. The highest BCUT2D eigenvalue weighted by atomic mass is 19.4. The van der Waals surface area contributed by atoms with Crippen LogP contribution in [0.3, 0.4) is 0 Å². The molecule has 8 heteroatoms. The summed E-state index contributed by atoms with van der Waals surface area (Å²) in [6.07, 6.45) is -2.36. The first-order valence-corrected chi connectivity index (χ1v) is 4.71. The number of alkyl halides is 3. The number of aromatic nitrogens is 3. The van der Waals surface area contributed by atoms with Gasteiger partial charge in [-0.1, -0.05) is 6.07 Å². The minimum Gasteiger partial charge on any atom is -0.478 e. The van der Waals surface area contributed by atoms with Gasteiger partial charge in [-0.2, -0.15) is 28.2 Å². The number of aromatic carboxylic acids is 1. The summed E-state index contributed by atoms with van der Waals surface area (Å²) in [7, 11) is 0. The fraction of sp³-hybridized carbons (Fsp3) is 0.100. The zero-order chi connectivity index (χ0) is 13.3. The number of rotatable bonds is 2. The molecule has 0 radical (unpaired) electrons. The molecule has 0 saturated heterocycles. The van der Waals surface area contributed by atoms with Crippen LogP contribution in [0.25, 0.3) is 5.69 Å². The first-order valence-electron chi connectivity index (χ1n) is 4.71. The van der Waals surface area contributed by atoms with E-state index < -0.39 is 29.0 Å². The number of carboxylic acid groups (broad SMARTS) is 1. The van der Waals surface area contributed by atoms with Gasteiger partial charge in [0.05, 0.1) is 23.5 Å². The maximum Gasteiger partial charge on any atom is 0.418 e. The van der Waals surface area contributed by atoms with Gasteiger partial charge in [0, 0.05) is 0 Å². The Morgan fingerprint density at radius 3 is 2.33 bits per heavy atom. The summed E-state index contributed by atoms with van der Waals surface area (Å²) in [6.45, 7) is 0. The van der Waals surface area contributed by atoms with Crippen LogP contribution < -0.4 is 0 Å². The molecule has 0 bridgehead atoms. The van der Waals surface area contributed by atoms with E-state index in [9.17, 15) is 18.0 Å². The van der Waals surface area contributed by atoms with Gasteiger partial charge in [0.2, 0.25) is 0 Å². The fourth-order valence-electron chi connectivity index (χ4n) is 1.49. The highest BCUT2D eigenvalue weighted by molar-refractivity contribution is 5.92. The lowest BCUT2D eigenvalue weighted by atomic mass is 10.1. The lowest BCUT2D eigenvalue weighted by Gasteiger charge is -2.13. The monoisotopic (exact) mass is 257 g/mol. The summed E-state index contributed by atoms with van der Waals surface area (Å²) in [5.74, 6) is -1.48. The molecule has 1 N–H and O–H groups in total. The summed E-state index contributed by atoms with van der Waals surface area (Å²) in [5.41, 5.74) is -2.21. The molecule has 0 spiro atoms. The summed E-state index contributed by atoms with van der Waals surface area (Å²) < 4.78 is 38.5. The van der Waals surface area contributed by atoms with Gasteiger partial charge < -0.3 is 5.11 Å². The first-order chi connectivity index (χ1) is 8.41. The Hall–Kier alpha value is -2.38. The lowest BCUT2D eigenvalue weighted by Crippen LogP contribution is -2.16. The Labute approximate surface area is 98.5 Å². The van der Waals surface area contributed by atoms with Gasteiger partial charge in [-0.05, 0) is 12.1 Å². The van der Waals surface area contributed by atoms with Gasteiger partial charge in [0.15, 0.2) is 0 Å². The minimum atomic E-state index is -4.69. The van der Waals surface area contributed by atoms with Crippen molar-refractivity contribution in [2.24, 2.45) is 0 Å². The van der Waals surface area contributed by atoms with Crippen molar-refractivity contribution in [2.75, 3.05) is 0 Å². The maximum atomic E-state index is 12.8. The second kappa shape index (κ2) is 4.13. The standard InChI is InChI=1S/C10H6F3N3O2/c11-10(12,13)7-3-1-2-6(9(17)18)8(7)16-14-4-5-15-16/h1-5H,(H,17,18). The molecule has 0 unspecified atom stereocenters. The van der Waals surface area contributed by atoms with Crippen molar-refractivity contribution in [1.82, 2.24) is 15.0 Å². The number of carbonyl (C=O) groups is 1. The third kappa shape index (κ3) is 2.04. The summed E-state index contributed by atoms with van der Waals surface area (Å²) in [4.78, 5) is 11.6. The van der Waals surface area contributed by atoms with Crippen molar-refractivity contribution < 1.29 is 23.1 Å². The van der Waals surface area contributed by atoms with E-state index >= 15 is 0 Å². The number of nitrogens with zero attached hydrogens (tertiary/aromatic N) is 3.